The van der Waals surface area contributed by atoms with Crippen molar-refractivity contribution in [2.45, 2.75) is 62.6 Å². The molecule has 0 radical (unpaired) electrons. The molecular formula is C30H34N10O4S2. The fraction of sp³-hybridized carbons (Fsp3) is 0.467. The molecule has 14 nitrogen and oxygen atoms in total. The van der Waals surface area contributed by atoms with Gasteiger partial charge in [0.15, 0.2) is 0 Å². The van der Waals surface area contributed by atoms with Crippen molar-refractivity contribution in [1.29, 1.82) is 0 Å². The molecule has 2 aliphatic heterocycles. The van der Waals surface area contributed by atoms with Gasteiger partial charge in [-0.1, -0.05) is 41.2 Å². The first kappa shape index (κ1) is 30.5. The molecule has 2 saturated heterocycles. The van der Waals surface area contributed by atoms with Gasteiger partial charge in [-0.2, -0.15) is 0 Å². The molecule has 0 aromatic carbocycles. The van der Waals surface area contributed by atoms with Crippen LogP contribution in [0.4, 0.5) is 21.9 Å². The Morgan fingerprint density at radius 1 is 0.717 bits per heavy atom. The number of aliphatic hydroxyl groups is 2. The van der Waals surface area contributed by atoms with Gasteiger partial charge in [-0.05, 0) is 43.5 Å². The Morgan fingerprint density at radius 2 is 1.17 bits per heavy atom. The number of carbonyl (C=O) groups is 2. The second-order valence-electron chi connectivity index (χ2n) is 12.0. The number of nitrogens with zero attached hydrogens (tertiary/aromatic N) is 8. The quantitative estimate of drug-likeness (QED) is 0.195. The molecule has 0 bridgehead atoms. The van der Waals surface area contributed by atoms with Gasteiger partial charge in [0.25, 0.3) is 0 Å². The van der Waals surface area contributed by atoms with Gasteiger partial charge in [-0.15, -0.1) is 20.4 Å². The number of carbonyl (C=O) groups excluding carboxylic acids is 2. The molecule has 2 amide bonds. The third-order valence-corrected chi connectivity index (χ3v) is 10.4. The van der Waals surface area contributed by atoms with Gasteiger partial charge in [0.1, 0.15) is 21.7 Å². The number of hydrogen-bond donors (Lipinski definition) is 4. The van der Waals surface area contributed by atoms with Crippen LogP contribution in [0.1, 0.15) is 58.9 Å². The standard InChI is InChI=1S/C30H34N10O4S2/c41-21-13-39(14-21)23-8-2-6-19(31-23)11-25(43)33-29-37-35-27(45-29)17-4-1-5-18(10-17)28-36-38-30(46-28)34-26(44)12-20-7-3-9-24(32-20)40-15-22(42)16-40/h2-3,6-9,17-18,21-22,41-42H,1,4-5,10-16H2,(H,33,37,43)(H,34,38,44)/t17-,18-/m0/s1. The van der Waals surface area contributed by atoms with Crippen LogP contribution < -0.4 is 20.4 Å². The van der Waals surface area contributed by atoms with Crippen LogP contribution in [0.2, 0.25) is 0 Å². The summed E-state index contributed by atoms with van der Waals surface area (Å²) in [7, 11) is 0. The van der Waals surface area contributed by atoms with E-state index < -0.39 is 0 Å². The second-order valence-corrected chi connectivity index (χ2v) is 14.0. The summed E-state index contributed by atoms with van der Waals surface area (Å²) in [4.78, 5) is 38.5. The van der Waals surface area contributed by atoms with Gasteiger partial charge >= 0.3 is 0 Å². The van der Waals surface area contributed by atoms with Crippen molar-refractivity contribution in [2.24, 2.45) is 0 Å². The predicted molar refractivity (Wildman–Crippen MR) is 173 cm³/mol. The van der Waals surface area contributed by atoms with Gasteiger partial charge in [-0.3, -0.25) is 9.59 Å². The molecule has 1 saturated carbocycles. The van der Waals surface area contributed by atoms with Crippen molar-refractivity contribution in [3.05, 3.63) is 57.8 Å². The van der Waals surface area contributed by atoms with E-state index in [4.69, 9.17) is 0 Å². The molecular weight excluding hydrogens is 629 g/mol. The van der Waals surface area contributed by atoms with Crippen LogP contribution >= 0.6 is 22.7 Å². The summed E-state index contributed by atoms with van der Waals surface area (Å²) < 4.78 is 0. The van der Waals surface area contributed by atoms with Crippen molar-refractivity contribution >= 4 is 56.4 Å². The van der Waals surface area contributed by atoms with Gasteiger partial charge in [0, 0.05) is 38.0 Å². The van der Waals surface area contributed by atoms with Crippen molar-refractivity contribution in [3.8, 4) is 0 Å². The summed E-state index contributed by atoms with van der Waals surface area (Å²) in [6.45, 7) is 2.20. The van der Waals surface area contributed by atoms with Crippen molar-refractivity contribution < 1.29 is 19.8 Å². The lowest BCUT2D eigenvalue weighted by Crippen LogP contribution is -2.51. The van der Waals surface area contributed by atoms with E-state index in [0.717, 1.165) is 47.3 Å². The van der Waals surface area contributed by atoms with Crippen molar-refractivity contribution in [1.82, 2.24) is 30.4 Å². The van der Waals surface area contributed by atoms with E-state index in [2.05, 4.69) is 41.0 Å². The highest BCUT2D eigenvalue weighted by Gasteiger charge is 2.30. The fourth-order valence-electron chi connectivity index (χ4n) is 5.96. The third-order valence-electron chi connectivity index (χ3n) is 8.39. The number of β-amino-alcohol motifs (C(OH)–C–C–N with tert-alkyl or cyclic N) is 2. The van der Waals surface area contributed by atoms with Crippen LogP contribution in [0.3, 0.4) is 0 Å². The van der Waals surface area contributed by atoms with E-state index in [1.165, 1.54) is 22.7 Å². The number of pyridine rings is 2. The highest BCUT2D eigenvalue weighted by atomic mass is 32.1. The Hall–Kier alpha value is -4.12. The lowest BCUT2D eigenvalue weighted by Gasteiger charge is -2.36. The minimum atomic E-state index is -0.325. The molecule has 1 aliphatic carbocycles. The molecule has 4 aromatic rings. The molecule has 3 fully saturated rings. The number of hydrogen-bond acceptors (Lipinski definition) is 14. The Morgan fingerprint density at radius 3 is 1.61 bits per heavy atom. The minimum Gasteiger partial charge on any atom is -0.389 e. The maximum absolute atomic E-state index is 12.7. The summed E-state index contributed by atoms with van der Waals surface area (Å²) in [5.74, 6) is 1.49. The van der Waals surface area contributed by atoms with Crippen molar-refractivity contribution in [3.63, 3.8) is 0 Å². The molecule has 7 rings (SSSR count). The summed E-state index contributed by atoms with van der Waals surface area (Å²) in [5.41, 5.74) is 1.30. The van der Waals surface area contributed by atoms with Gasteiger partial charge in [0.2, 0.25) is 22.1 Å². The first-order chi connectivity index (χ1) is 22.3. The predicted octanol–water partition coefficient (Wildman–Crippen LogP) is 2.35. The van der Waals surface area contributed by atoms with E-state index in [0.29, 0.717) is 47.8 Å². The van der Waals surface area contributed by atoms with Gasteiger partial charge < -0.3 is 30.6 Å². The molecule has 0 unspecified atom stereocenters. The van der Waals surface area contributed by atoms with Crippen LogP contribution in [0, 0.1) is 0 Å². The molecule has 16 heteroatoms. The van der Waals surface area contributed by atoms with Gasteiger partial charge in [0.05, 0.1) is 36.4 Å². The van der Waals surface area contributed by atoms with E-state index in [9.17, 15) is 19.8 Å². The van der Waals surface area contributed by atoms with Crippen LogP contribution in [-0.2, 0) is 22.4 Å². The lowest BCUT2D eigenvalue weighted by atomic mass is 9.82. The van der Waals surface area contributed by atoms with Gasteiger partial charge in [-0.25, -0.2) is 9.97 Å². The monoisotopic (exact) mass is 662 g/mol. The average molecular weight is 663 g/mol. The molecule has 3 aliphatic rings. The Balaban J connectivity index is 0.904. The zero-order valence-corrected chi connectivity index (χ0v) is 26.6. The summed E-state index contributed by atoms with van der Waals surface area (Å²) in [6, 6.07) is 11.1. The number of amides is 2. The maximum Gasteiger partial charge on any atom is 0.232 e. The Kier molecular flexibility index (Phi) is 8.84. The Labute approximate surface area is 272 Å². The van der Waals surface area contributed by atoms with E-state index in [-0.39, 0.29) is 48.7 Å². The van der Waals surface area contributed by atoms with E-state index in [1.54, 1.807) is 0 Å². The van der Waals surface area contributed by atoms with Crippen molar-refractivity contribution in [2.75, 3.05) is 46.6 Å². The molecule has 4 aromatic heterocycles. The van der Waals surface area contributed by atoms with Crippen LogP contribution in [0.25, 0.3) is 0 Å². The number of rotatable bonds is 10. The maximum atomic E-state index is 12.7. The number of aromatic nitrogens is 6. The SMILES string of the molecule is O=C(Cc1cccc(N2CC(O)C2)n1)Nc1nnc([C@H]2CCC[C@H](c3nnc(NC(=O)Cc4cccc(N5CC(O)C5)n4)s3)C2)s1. The molecule has 4 N–H and O–H groups in total. The molecule has 240 valence electrons. The molecule has 2 atom stereocenters. The molecule has 46 heavy (non-hydrogen) atoms. The summed E-state index contributed by atoms with van der Waals surface area (Å²) >= 11 is 2.79. The molecule has 0 spiro atoms. The zero-order chi connectivity index (χ0) is 31.6. The smallest absolute Gasteiger partial charge is 0.232 e. The highest BCUT2D eigenvalue weighted by Crippen LogP contribution is 2.43. The Bertz CT molecular complexity index is 1580. The highest BCUT2D eigenvalue weighted by molar-refractivity contribution is 7.15. The van der Waals surface area contributed by atoms with Crippen LogP contribution in [0.15, 0.2) is 36.4 Å². The third kappa shape index (κ3) is 7.14. The fourth-order valence-corrected chi connectivity index (χ4v) is 7.78. The zero-order valence-electron chi connectivity index (χ0n) is 24.9. The second kappa shape index (κ2) is 13.3. The minimum absolute atomic E-state index is 0.118. The topological polar surface area (TPSA) is 182 Å². The van der Waals surface area contributed by atoms with E-state index >= 15 is 0 Å². The van der Waals surface area contributed by atoms with Crippen LogP contribution in [0.5, 0.6) is 0 Å². The lowest BCUT2D eigenvalue weighted by molar-refractivity contribution is -0.116. The molecule has 6 heterocycles. The first-order valence-electron chi connectivity index (χ1n) is 15.4. The number of aliphatic hydroxyl groups excluding tert-OH is 2. The summed E-state index contributed by atoms with van der Waals surface area (Å²) in [5, 5.41) is 44.8. The number of anilines is 4. The largest absolute Gasteiger partial charge is 0.389 e. The normalized spacial score (nSPS) is 20.2. The number of nitrogens with one attached hydrogen (secondary N) is 2. The first-order valence-corrected chi connectivity index (χ1v) is 17.0. The summed E-state index contributed by atoms with van der Waals surface area (Å²) in [6.07, 6.45) is 3.39. The average Bonchev–Trinajstić information content (AvgIpc) is 3.68. The van der Waals surface area contributed by atoms with Crippen LogP contribution in [-0.4, -0.2) is 90.8 Å². The van der Waals surface area contributed by atoms with E-state index in [1.807, 2.05) is 46.2 Å².